The molecule has 0 saturated heterocycles. The van der Waals surface area contributed by atoms with Gasteiger partial charge in [-0.1, -0.05) is 30.3 Å². The Morgan fingerprint density at radius 1 is 1.18 bits per heavy atom. The van der Waals surface area contributed by atoms with Crippen molar-refractivity contribution < 1.29 is 9.53 Å². The number of hydrogen-bond donors (Lipinski definition) is 1. The van der Waals surface area contributed by atoms with Crippen molar-refractivity contribution in [2.45, 2.75) is 26.9 Å². The zero-order valence-electron chi connectivity index (χ0n) is 16.4. The first-order valence-electron chi connectivity index (χ1n) is 8.88. The summed E-state index contributed by atoms with van der Waals surface area (Å²) in [5.41, 5.74) is 3.73. The molecule has 0 unspecified atom stereocenters. The Bertz CT molecular complexity index is 1050. The molecule has 8 nitrogen and oxygen atoms in total. The summed E-state index contributed by atoms with van der Waals surface area (Å²) in [6.07, 6.45) is 0. The van der Waals surface area contributed by atoms with Gasteiger partial charge in [-0.3, -0.25) is 14.3 Å². The molecule has 3 rings (SSSR count). The Labute approximate surface area is 162 Å². The molecule has 0 atom stereocenters. The first-order chi connectivity index (χ1) is 13.4. The normalized spacial score (nSPS) is 10.7. The van der Waals surface area contributed by atoms with Crippen molar-refractivity contribution in [1.29, 1.82) is 0 Å². The van der Waals surface area contributed by atoms with Crippen LogP contribution in [0.2, 0.25) is 0 Å². The lowest BCUT2D eigenvalue weighted by atomic mass is 10.1. The zero-order chi connectivity index (χ0) is 20.3. The number of ether oxygens (including phenoxy) is 1. The van der Waals surface area contributed by atoms with Gasteiger partial charge in [0.15, 0.2) is 5.75 Å². The van der Waals surface area contributed by atoms with Crippen LogP contribution in [0.1, 0.15) is 17.0 Å². The van der Waals surface area contributed by atoms with Crippen LogP contribution in [0.15, 0.2) is 41.2 Å². The predicted octanol–water partition coefficient (Wildman–Crippen LogP) is 1.59. The van der Waals surface area contributed by atoms with Crippen LogP contribution < -0.4 is 15.6 Å². The lowest BCUT2D eigenvalue weighted by Crippen LogP contribution is -2.33. The molecular formula is C20H23N5O3. The van der Waals surface area contributed by atoms with E-state index in [1.165, 1.54) is 13.2 Å². The molecule has 2 heterocycles. The largest absolute Gasteiger partial charge is 0.494 e. The standard InChI is InChI=1S/C20H23N5O3/c1-13-16(14(2)24(3)22-13)11-21-18(26)12-25-19(27)10-17(28-4)20(23-25)15-8-6-5-7-9-15/h5-10H,11-12H2,1-4H3,(H,21,26). The van der Waals surface area contributed by atoms with Crippen LogP contribution in [0.25, 0.3) is 11.3 Å². The molecule has 2 aromatic heterocycles. The average Bonchev–Trinajstić information content (AvgIpc) is 2.93. The second-order valence-electron chi connectivity index (χ2n) is 6.47. The maximum absolute atomic E-state index is 12.4. The summed E-state index contributed by atoms with van der Waals surface area (Å²) in [5.74, 6) is 0.0656. The number of hydrogen-bond acceptors (Lipinski definition) is 5. The molecule has 0 bridgehead atoms. The van der Waals surface area contributed by atoms with Gasteiger partial charge < -0.3 is 10.1 Å². The van der Waals surface area contributed by atoms with Crippen LogP contribution in [0.5, 0.6) is 5.75 Å². The number of amides is 1. The summed E-state index contributed by atoms with van der Waals surface area (Å²) < 4.78 is 8.21. The van der Waals surface area contributed by atoms with Crippen molar-refractivity contribution >= 4 is 5.91 Å². The van der Waals surface area contributed by atoms with Crippen molar-refractivity contribution in [3.8, 4) is 17.0 Å². The number of methoxy groups -OCH3 is 1. The highest BCUT2D eigenvalue weighted by molar-refractivity contribution is 5.75. The van der Waals surface area contributed by atoms with Crippen LogP contribution in [-0.4, -0.2) is 32.6 Å². The van der Waals surface area contributed by atoms with Crippen LogP contribution in [-0.2, 0) is 24.9 Å². The SMILES string of the molecule is COc1cc(=O)n(CC(=O)NCc2c(C)nn(C)c2C)nc1-c1ccccc1. The van der Waals surface area contributed by atoms with E-state index in [1.54, 1.807) is 4.68 Å². The lowest BCUT2D eigenvalue weighted by molar-refractivity contribution is -0.122. The number of benzene rings is 1. The van der Waals surface area contributed by atoms with Crippen molar-refractivity contribution in [3.63, 3.8) is 0 Å². The van der Waals surface area contributed by atoms with Gasteiger partial charge in [-0.15, -0.1) is 0 Å². The maximum atomic E-state index is 12.4. The molecule has 0 aliphatic heterocycles. The van der Waals surface area contributed by atoms with E-state index >= 15 is 0 Å². The zero-order valence-corrected chi connectivity index (χ0v) is 16.4. The average molecular weight is 381 g/mol. The number of rotatable bonds is 6. The molecule has 28 heavy (non-hydrogen) atoms. The van der Waals surface area contributed by atoms with Gasteiger partial charge in [-0.2, -0.15) is 10.2 Å². The predicted molar refractivity (Wildman–Crippen MR) is 105 cm³/mol. The highest BCUT2D eigenvalue weighted by Crippen LogP contribution is 2.25. The molecule has 1 amide bonds. The fraction of sp³-hybridized carbons (Fsp3) is 0.300. The van der Waals surface area contributed by atoms with Crippen LogP contribution in [0.4, 0.5) is 0 Å². The van der Waals surface area contributed by atoms with Gasteiger partial charge in [0.2, 0.25) is 5.91 Å². The quantitative estimate of drug-likeness (QED) is 0.700. The first kappa shape index (κ1) is 19.3. The third kappa shape index (κ3) is 3.95. The molecule has 0 radical (unpaired) electrons. The van der Waals surface area contributed by atoms with Crippen molar-refractivity contribution in [3.05, 3.63) is 63.7 Å². The van der Waals surface area contributed by atoms with Crippen molar-refractivity contribution in [2.75, 3.05) is 7.11 Å². The molecule has 146 valence electrons. The van der Waals surface area contributed by atoms with Gasteiger partial charge in [0, 0.05) is 36.5 Å². The smallest absolute Gasteiger partial charge is 0.270 e. The minimum absolute atomic E-state index is 0.180. The molecule has 0 fully saturated rings. The Morgan fingerprint density at radius 2 is 1.89 bits per heavy atom. The van der Waals surface area contributed by atoms with Gasteiger partial charge >= 0.3 is 0 Å². The number of aryl methyl sites for hydroxylation is 2. The van der Waals surface area contributed by atoms with Crippen LogP contribution >= 0.6 is 0 Å². The second-order valence-corrected chi connectivity index (χ2v) is 6.47. The Hall–Kier alpha value is -3.42. The Kier molecular flexibility index (Phi) is 5.58. The number of nitrogens with one attached hydrogen (secondary N) is 1. The number of carbonyl (C=O) groups excluding carboxylic acids is 1. The fourth-order valence-electron chi connectivity index (χ4n) is 2.99. The van der Waals surface area contributed by atoms with Crippen LogP contribution in [0.3, 0.4) is 0 Å². The van der Waals surface area contributed by atoms with E-state index in [1.807, 2.05) is 51.2 Å². The molecule has 0 aliphatic rings. The monoisotopic (exact) mass is 381 g/mol. The summed E-state index contributed by atoms with van der Waals surface area (Å²) in [7, 11) is 3.35. The van der Waals surface area contributed by atoms with Crippen LogP contribution in [0, 0.1) is 13.8 Å². The highest BCUT2D eigenvalue weighted by atomic mass is 16.5. The van der Waals surface area contributed by atoms with Gasteiger partial charge in [0.1, 0.15) is 12.2 Å². The van der Waals surface area contributed by atoms with E-state index in [9.17, 15) is 9.59 Å². The molecular weight excluding hydrogens is 358 g/mol. The third-order valence-corrected chi connectivity index (χ3v) is 4.64. The Morgan fingerprint density at radius 3 is 2.50 bits per heavy atom. The summed E-state index contributed by atoms with van der Waals surface area (Å²) in [5, 5.41) is 11.5. The van der Waals surface area contributed by atoms with Crippen molar-refractivity contribution in [1.82, 2.24) is 24.9 Å². The minimum Gasteiger partial charge on any atom is -0.494 e. The molecule has 0 saturated carbocycles. The molecule has 0 aliphatic carbocycles. The molecule has 3 aromatic rings. The van der Waals surface area contributed by atoms with Crippen molar-refractivity contribution in [2.24, 2.45) is 7.05 Å². The molecule has 1 aromatic carbocycles. The first-order valence-corrected chi connectivity index (χ1v) is 8.88. The number of aromatic nitrogens is 4. The molecule has 1 N–H and O–H groups in total. The summed E-state index contributed by atoms with van der Waals surface area (Å²) in [4.78, 5) is 24.7. The molecule has 8 heteroatoms. The Balaban J connectivity index is 1.80. The van der Waals surface area contributed by atoms with Gasteiger partial charge in [-0.05, 0) is 13.8 Å². The van der Waals surface area contributed by atoms with E-state index in [0.717, 1.165) is 27.2 Å². The van der Waals surface area contributed by atoms with E-state index < -0.39 is 5.56 Å². The molecule has 0 spiro atoms. The lowest BCUT2D eigenvalue weighted by Gasteiger charge is -2.11. The third-order valence-electron chi connectivity index (χ3n) is 4.64. The maximum Gasteiger partial charge on any atom is 0.270 e. The van der Waals surface area contributed by atoms with E-state index in [4.69, 9.17) is 4.74 Å². The minimum atomic E-state index is -0.402. The number of carbonyl (C=O) groups is 1. The van der Waals surface area contributed by atoms with E-state index in [0.29, 0.717) is 18.0 Å². The summed E-state index contributed by atoms with van der Waals surface area (Å²) in [6, 6.07) is 10.7. The topological polar surface area (TPSA) is 91.0 Å². The van der Waals surface area contributed by atoms with Gasteiger partial charge in [-0.25, -0.2) is 4.68 Å². The van der Waals surface area contributed by atoms with E-state index in [2.05, 4.69) is 15.5 Å². The second kappa shape index (κ2) is 8.08. The fourth-order valence-corrected chi connectivity index (χ4v) is 2.99. The number of nitrogens with zero attached hydrogens (tertiary/aromatic N) is 4. The van der Waals surface area contributed by atoms with E-state index in [-0.39, 0.29) is 12.5 Å². The highest BCUT2D eigenvalue weighted by Gasteiger charge is 2.15. The summed E-state index contributed by atoms with van der Waals surface area (Å²) >= 11 is 0. The summed E-state index contributed by atoms with van der Waals surface area (Å²) in [6.45, 7) is 4.01. The van der Waals surface area contributed by atoms with Gasteiger partial charge in [0.25, 0.3) is 5.56 Å². The van der Waals surface area contributed by atoms with Gasteiger partial charge in [0.05, 0.1) is 12.8 Å².